The smallest absolute Gasteiger partial charge is 0.266 e. The molecule has 1 fully saturated rings. The lowest BCUT2D eigenvalue weighted by atomic mass is 9.83. The van der Waals surface area contributed by atoms with Gasteiger partial charge in [0, 0.05) is 18.9 Å². The third-order valence-electron chi connectivity index (χ3n) is 7.23. The molecular formula is C30H31N3O2. The van der Waals surface area contributed by atoms with Crippen molar-refractivity contribution in [3.8, 4) is 0 Å². The van der Waals surface area contributed by atoms with Gasteiger partial charge in [0.15, 0.2) is 11.5 Å². The first-order valence-corrected chi connectivity index (χ1v) is 12.5. The molecule has 0 aromatic heterocycles. The first-order chi connectivity index (χ1) is 17.1. The first-order valence-electron chi connectivity index (χ1n) is 12.5. The number of carbonyl (C=O) groups is 2. The van der Waals surface area contributed by atoms with Gasteiger partial charge in [-0.15, -0.1) is 0 Å². The highest BCUT2D eigenvalue weighted by atomic mass is 16.2. The molecule has 0 saturated heterocycles. The molecule has 5 heteroatoms. The minimum absolute atomic E-state index is 0.118. The second-order valence-corrected chi connectivity index (χ2v) is 9.51. The lowest BCUT2D eigenvalue weighted by Crippen LogP contribution is -2.44. The van der Waals surface area contributed by atoms with E-state index in [4.69, 9.17) is 10.7 Å². The molecule has 5 nitrogen and oxygen atoms in total. The van der Waals surface area contributed by atoms with E-state index in [0.717, 1.165) is 36.8 Å². The van der Waals surface area contributed by atoms with Gasteiger partial charge in [-0.2, -0.15) is 0 Å². The van der Waals surface area contributed by atoms with Gasteiger partial charge in [-0.1, -0.05) is 97.4 Å². The van der Waals surface area contributed by atoms with Crippen LogP contribution in [0, 0.1) is 5.92 Å². The van der Waals surface area contributed by atoms with E-state index in [1.54, 1.807) is 4.90 Å². The summed E-state index contributed by atoms with van der Waals surface area (Å²) in [6.07, 6.45) is 4.05. The van der Waals surface area contributed by atoms with Gasteiger partial charge in [0.1, 0.15) is 5.78 Å². The van der Waals surface area contributed by atoms with E-state index >= 15 is 0 Å². The summed E-state index contributed by atoms with van der Waals surface area (Å²) in [5, 5.41) is 0. The highest BCUT2D eigenvalue weighted by molar-refractivity contribution is 6.09. The van der Waals surface area contributed by atoms with Crippen molar-refractivity contribution in [3.05, 3.63) is 108 Å². The Bertz CT molecular complexity index is 1170. The highest BCUT2D eigenvalue weighted by Gasteiger charge is 2.50. The lowest BCUT2D eigenvalue weighted by Gasteiger charge is -2.27. The number of nitrogens with zero attached hydrogens (tertiary/aromatic N) is 2. The molecule has 0 radical (unpaired) electrons. The quantitative estimate of drug-likeness (QED) is 0.427. The Balaban J connectivity index is 1.17. The van der Waals surface area contributed by atoms with Crippen LogP contribution in [0.2, 0.25) is 0 Å². The monoisotopic (exact) mass is 465 g/mol. The number of rotatable bonds is 10. The second-order valence-electron chi connectivity index (χ2n) is 9.51. The van der Waals surface area contributed by atoms with Crippen molar-refractivity contribution in [2.45, 2.75) is 43.6 Å². The lowest BCUT2D eigenvalue weighted by molar-refractivity contribution is -0.130. The summed E-state index contributed by atoms with van der Waals surface area (Å²) in [5.74, 6) is 1.07. The molecule has 5 rings (SSSR count). The molecule has 0 bridgehead atoms. The summed E-state index contributed by atoms with van der Waals surface area (Å²) in [4.78, 5) is 32.7. The molecular weight excluding hydrogens is 434 g/mol. The Kier molecular flexibility index (Phi) is 6.49. The molecule has 178 valence electrons. The van der Waals surface area contributed by atoms with Crippen LogP contribution in [0.25, 0.3) is 0 Å². The fourth-order valence-electron chi connectivity index (χ4n) is 5.25. The topological polar surface area (TPSA) is 75.8 Å². The summed E-state index contributed by atoms with van der Waals surface area (Å²) >= 11 is 0. The average Bonchev–Trinajstić information content (AvgIpc) is 3.67. The molecule has 35 heavy (non-hydrogen) atoms. The third kappa shape index (κ3) is 4.51. The molecule has 1 saturated carbocycles. The maximum atomic E-state index is 13.8. The number of aliphatic imine (C=N–C) groups is 1. The van der Waals surface area contributed by atoms with Crippen LogP contribution in [-0.4, -0.2) is 29.1 Å². The zero-order chi connectivity index (χ0) is 24.3. The van der Waals surface area contributed by atoms with Crippen molar-refractivity contribution in [3.63, 3.8) is 0 Å². The molecule has 1 aliphatic carbocycles. The van der Waals surface area contributed by atoms with Crippen molar-refractivity contribution in [2.24, 2.45) is 16.6 Å². The number of guanidine groups is 1. The number of unbranched alkanes of at least 4 members (excludes halogenated alkanes) is 2. The zero-order valence-electron chi connectivity index (χ0n) is 19.8. The molecule has 0 unspecified atom stereocenters. The summed E-state index contributed by atoms with van der Waals surface area (Å²) in [7, 11) is 0. The minimum atomic E-state index is -1.15. The van der Waals surface area contributed by atoms with E-state index in [0.29, 0.717) is 24.7 Å². The molecule has 1 aliphatic heterocycles. The molecule has 2 N–H and O–H groups in total. The van der Waals surface area contributed by atoms with E-state index in [1.807, 2.05) is 78.9 Å². The molecule has 3 aromatic rings. The molecule has 2 aliphatic rings. The number of benzene rings is 3. The second kappa shape index (κ2) is 9.87. The van der Waals surface area contributed by atoms with Crippen LogP contribution >= 0.6 is 0 Å². The van der Waals surface area contributed by atoms with E-state index in [-0.39, 0.29) is 17.8 Å². The molecule has 1 heterocycles. The normalized spacial score (nSPS) is 20.5. The number of ketones is 1. The number of Topliss-reactive ketones (excluding diaryl/α,β-unsaturated/α-hetero) is 1. The summed E-state index contributed by atoms with van der Waals surface area (Å²) in [6.45, 7) is 0.500. The molecule has 2 atom stereocenters. The van der Waals surface area contributed by atoms with Gasteiger partial charge in [-0.05, 0) is 41.9 Å². The minimum Gasteiger partial charge on any atom is -0.369 e. The van der Waals surface area contributed by atoms with Crippen molar-refractivity contribution in [1.82, 2.24) is 4.90 Å². The van der Waals surface area contributed by atoms with Gasteiger partial charge in [-0.25, -0.2) is 4.99 Å². The number of amides is 1. The first kappa shape index (κ1) is 23.0. The number of carbonyl (C=O) groups excluding carboxylic acids is 2. The summed E-state index contributed by atoms with van der Waals surface area (Å²) < 4.78 is 0. The Morgan fingerprint density at radius 3 is 2.03 bits per heavy atom. The fraction of sp³-hybridized carbons (Fsp3) is 0.300. The maximum Gasteiger partial charge on any atom is 0.266 e. The van der Waals surface area contributed by atoms with Gasteiger partial charge in [-0.3, -0.25) is 14.5 Å². The van der Waals surface area contributed by atoms with Crippen LogP contribution in [-0.2, 0) is 15.1 Å². The number of hydrogen-bond donors (Lipinski definition) is 1. The third-order valence-corrected chi connectivity index (χ3v) is 7.23. The van der Waals surface area contributed by atoms with Crippen molar-refractivity contribution < 1.29 is 9.59 Å². The van der Waals surface area contributed by atoms with Crippen molar-refractivity contribution >= 4 is 17.6 Å². The van der Waals surface area contributed by atoms with Crippen molar-refractivity contribution in [1.29, 1.82) is 0 Å². The largest absolute Gasteiger partial charge is 0.369 e. The van der Waals surface area contributed by atoms with Gasteiger partial charge < -0.3 is 5.73 Å². The summed E-state index contributed by atoms with van der Waals surface area (Å²) in [5.41, 5.74) is 8.04. The van der Waals surface area contributed by atoms with Crippen LogP contribution in [0.5, 0.6) is 0 Å². The predicted octanol–water partition coefficient (Wildman–Crippen LogP) is 5.02. The van der Waals surface area contributed by atoms with Gasteiger partial charge >= 0.3 is 0 Å². The van der Waals surface area contributed by atoms with Crippen LogP contribution in [0.4, 0.5) is 0 Å². The van der Waals surface area contributed by atoms with Gasteiger partial charge in [0.05, 0.1) is 0 Å². The van der Waals surface area contributed by atoms with E-state index in [1.165, 1.54) is 5.56 Å². The Morgan fingerprint density at radius 2 is 1.43 bits per heavy atom. The number of nitrogens with two attached hydrogens (primary N) is 1. The van der Waals surface area contributed by atoms with Crippen LogP contribution in [0.1, 0.15) is 54.7 Å². The van der Waals surface area contributed by atoms with Crippen LogP contribution in [0.15, 0.2) is 96.0 Å². The Labute approximate surface area is 206 Å². The highest BCUT2D eigenvalue weighted by Crippen LogP contribution is 2.48. The average molecular weight is 466 g/mol. The van der Waals surface area contributed by atoms with Crippen LogP contribution in [0.3, 0.4) is 0 Å². The predicted molar refractivity (Wildman–Crippen MR) is 138 cm³/mol. The molecule has 0 spiro atoms. The van der Waals surface area contributed by atoms with E-state index in [2.05, 4.69) is 12.1 Å². The molecule has 3 aromatic carbocycles. The number of hydrogen-bond acceptors (Lipinski definition) is 4. The standard InChI is InChI=1S/C30H31N3O2/c31-29-32-30(23-15-7-2-8-16-23,24-17-9-3-10-18-24)28(35)33(29)20-12-4-11-19-27(34)26-21-25(26)22-13-5-1-6-14-22/h1-3,5-10,13-18,25-26H,4,11-12,19-21H2,(H2,31,32)/t25-,26+/m0/s1. The zero-order valence-corrected chi connectivity index (χ0v) is 19.8. The van der Waals surface area contributed by atoms with Gasteiger partial charge in [0.25, 0.3) is 5.91 Å². The van der Waals surface area contributed by atoms with Crippen molar-refractivity contribution in [2.75, 3.05) is 6.54 Å². The summed E-state index contributed by atoms with van der Waals surface area (Å²) in [6, 6.07) is 29.5. The van der Waals surface area contributed by atoms with Crippen LogP contribution < -0.4 is 5.73 Å². The van der Waals surface area contributed by atoms with Gasteiger partial charge in [0.2, 0.25) is 0 Å². The SMILES string of the molecule is NC1=NC(c2ccccc2)(c2ccccc2)C(=O)N1CCCCCC(=O)[C@@H]1C[C@H]1c1ccccc1. The van der Waals surface area contributed by atoms with E-state index in [9.17, 15) is 9.59 Å². The maximum absolute atomic E-state index is 13.8. The van der Waals surface area contributed by atoms with E-state index < -0.39 is 5.54 Å². The Hall–Kier alpha value is -3.73. The fourth-order valence-corrected chi connectivity index (χ4v) is 5.25. The Morgan fingerprint density at radius 1 is 0.857 bits per heavy atom. The molecule has 1 amide bonds.